The molecule has 6 nitrogen and oxygen atoms in total. The number of aromatic nitrogens is 3. The molecule has 15 heavy (non-hydrogen) atoms. The fraction of sp³-hybridized carbons (Fsp3) is 0.714. The van der Waals surface area contributed by atoms with E-state index in [0.29, 0.717) is 23.7 Å². The van der Waals surface area contributed by atoms with Crippen molar-refractivity contribution in [2.75, 3.05) is 17.2 Å². The summed E-state index contributed by atoms with van der Waals surface area (Å²) >= 11 is 4.98. The zero-order valence-corrected chi connectivity index (χ0v) is 9.64. The minimum Gasteiger partial charge on any atom is -0.368 e. The number of rotatable bonds is 2. The second kappa shape index (κ2) is 3.60. The highest BCUT2D eigenvalue weighted by molar-refractivity contribution is 7.91. The van der Waals surface area contributed by atoms with Crippen LogP contribution in [0, 0.1) is 10.7 Å². The fourth-order valence-corrected chi connectivity index (χ4v) is 3.84. The van der Waals surface area contributed by atoms with Gasteiger partial charge in [-0.25, -0.2) is 13.5 Å². The summed E-state index contributed by atoms with van der Waals surface area (Å²) < 4.78 is 24.6. The van der Waals surface area contributed by atoms with Crippen molar-refractivity contribution in [2.24, 2.45) is 5.92 Å². The molecule has 1 aliphatic heterocycles. The third-order valence-electron chi connectivity index (χ3n) is 2.56. The van der Waals surface area contributed by atoms with Crippen LogP contribution in [0.2, 0.25) is 0 Å². The van der Waals surface area contributed by atoms with Crippen LogP contribution in [-0.2, 0) is 16.4 Å². The first kappa shape index (κ1) is 10.6. The molecular formula is C7H12N4O2S2. The summed E-state index contributed by atoms with van der Waals surface area (Å²) in [4.78, 5) is 0. The lowest BCUT2D eigenvalue weighted by molar-refractivity contribution is 0.490. The van der Waals surface area contributed by atoms with Crippen molar-refractivity contribution >= 4 is 28.0 Å². The smallest absolute Gasteiger partial charge is 0.220 e. The fourth-order valence-electron chi connectivity index (χ4n) is 1.78. The Morgan fingerprint density at radius 2 is 2.40 bits per heavy atom. The first-order valence-corrected chi connectivity index (χ1v) is 6.82. The molecule has 1 aromatic heterocycles. The van der Waals surface area contributed by atoms with E-state index in [-0.39, 0.29) is 17.4 Å². The SMILES string of the molecule is Nc1n[nH]c(=S)n1CC1CCS(=O)(=O)C1. The lowest BCUT2D eigenvalue weighted by atomic mass is 10.1. The molecule has 2 heterocycles. The summed E-state index contributed by atoms with van der Waals surface area (Å²) in [5.74, 6) is 0.896. The zero-order chi connectivity index (χ0) is 11.1. The van der Waals surface area contributed by atoms with E-state index in [0.717, 1.165) is 0 Å². The highest BCUT2D eigenvalue weighted by atomic mass is 32.2. The van der Waals surface area contributed by atoms with Gasteiger partial charge in [0, 0.05) is 6.54 Å². The Kier molecular flexibility index (Phi) is 2.55. The number of anilines is 1. The van der Waals surface area contributed by atoms with Gasteiger partial charge in [0.15, 0.2) is 14.6 Å². The average Bonchev–Trinajstić information content (AvgIpc) is 2.63. The van der Waals surface area contributed by atoms with Gasteiger partial charge >= 0.3 is 0 Å². The minimum atomic E-state index is -2.84. The Labute approximate surface area is 92.4 Å². The van der Waals surface area contributed by atoms with Crippen LogP contribution in [0.25, 0.3) is 0 Å². The molecule has 0 amide bonds. The number of aromatic amines is 1. The normalized spacial score (nSPS) is 24.4. The van der Waals surface area contributed by atoms with E-state index in [1.807, 2.05) is 0 Å². The molecule has 0 saturated carbocycles. The average molecular weight is 248 g/mol. The van der Waals surface area contributed by atoms with Gasteiger partial charge in [-0.15, -0.1) is 5.10 Å². The maximum absolute atomic E-state index is 11.2. The Bertz CT molecular complexity index is 515. The molecule has 0 bridgehead atoms. The van der Waals surface area contributed by atoms with E-state index in [2.05, 4.69) is 10.2 Å². The first-order valence-electron chi connectivity index (χ1n) is 4.59. The quantitative estimate of drug-likeness (QED) is 0.716. The molecule has 2 rings (SSSR count). The molecule has 1 atom stereocenters. The number of nitrogens with one attached hydrogen (secondary N) is 1. The molecular weight excluding hydrogens is 236 g/mol. The van der Waals surface area contributed by atoms with E-state index in [9.17, 15) is 8.42 Å². The summed E-state index contributed by atoms with van der Waals surface area (Å²) in [5, 5.41) is 6.34. The molecule has 0 radical (unpaired) electrons. The van der Waals surface area contributed by atoms with Crippen LogP contribution in [0.1, 0.15) is 6.42 Å². The van der Waals surface area contributed by atoms with Crippen molar-refractivity contribution in [2.45, 2.75) is 13.0 Å². The number of H-pyrrole nitrogens is 1. The number of hydrogen-bond donors (Lipinski definition) is 2. The molecule has 1 aliphatic rings. The van der Waals surface area contributed by atoms with Gasteiger partial charge in [-0.3, -0.25) is 4.57 Å². The summed E-state index contributed by atoms with van der Waals surface area (Å²) in [6, 6.07) is 0. The van der Waals surface area contributed by atoms with E-state index in [1.54, 1.807) is 4.57 Å². The van der Waals surface area contributed by atoms with Crippen LogP contribution in [0.4, 0.5) is 5.95 Å². The number of hydrogen-bond acceptors (Lipinski definition) is 5. The zero-order valence-electron chi connectivity index (χ0n) is 8.01. The van der Waals surface area contributed by atoms with Crippen LogP contribution in [0.15, 0.2) is 0 Å². The number of nitrogens with zero attached hydrogens (tertiary/aromatic N) is 2. The molecule has 1 aromatic rings. The Balaban J connectivity index is 2.15. The third-order valence-corrected chi connectivity index (χ3v) is 4.70. The minimum absolute atomic E-state index is 0.0987. The number of sulfone groups is 1. The number of nitrogen functional groups attached to an aromatic ring is 1. The molecule has 1 fully saturated rings. The summed E-state index contributed by atoms with van der Waals surface area (Å²) in [5.41, 5.74) is 5.59. The van der Waals surface area contributed by atoms with Crippen LogP contribution < -0.4 is 5.73 Å². The molecule has 0 spiro atoms. The Morgan fingerprint density at radius 3 is 2.87 bits per heavy atom. The van der Waals surface area contributed by atoms with E-state index >= 15 is 0 Å². The van der Waals surface area contributed by atoms with Gasteiger partial charge in [0.2, 0.25) is 5.95 Å². The van der Waals surface area contributed by atoms with Gasteiger partial charge in [0.25, 0.3) is 0 Å². The van der Waals surface area contributed by atoms with Crippen molar-refractivity contribution in [1.82, 2.24) is 14.8 Å². The highest BCUT2D eigenvalue weighted by Crippen LogP contribution is 2.20. The summed E-state index contributed by atoms with van der Waals surface area (Å²) in [6.45, 7) is 0.528. The highest BCUT2D eigenvalue weighted by Gasteiger charge is 2.28. The maximum Gasteiger partial charge on any atom is 0.220 e. The molecule has 1 unspecified atom stereocenters. The summed E-state index contributed by atoms with van der Waals surface area (Å²) in [6.07, 6.45) is 0.675. The molecule has 3 N–H and O–H groups in total. The van der Waals surface area contributed by atoms with Crippen LogP contribution in [-0.4, -0.2) is 34.7 Å². The van der Waals surface area contributed by atoms with Gasteiger partial charge < -0.3 is 5.73 Å². The number of nitrogens with two attached hydrogens (primary N) is 1. The van der Waals surface area contributed by atoms with E-state index in [4.69, 9.17) is 18.0 Å². The molecule has 1 saturated heterocycles. The van der Waals surface area contributed by atoms with Crippen molar-refractivity contribution in [1.29, 1.82) is 0 Å². The Morgan fingerprint density at radius 1 is 1.67 bits per heavy atom. The standard InChI is InChI=1S/C7H12N4O2S2/c8-6-9-10-7(14)11(6)3-5-1-2-15(12,13)4-5/h5H,1-4H2,(H2,8,9)(H,10,14). The predicted octanol–water partition coefficient (Wildman–Crippen LogP) is -0.0424. The van der Waals surface area contributed by atoms with E-state index < -0.39 is 9.84 Å². The second-order valence-electron chi connectivity index (χ2n) is 3.77. The van der Waals surface area contributed by atoms with Crippen molar-refractivity contribution in [3.05, 3.63) is 4.77 Å². The third kappa shape index (κ3) is 2.20. The summed E-state index contributed by atoms with van der Waals surface area (Å²) in [7, 11) is -2.84. The lowest BCUT2D eigenvalue weighted by Crippen LogP contribution is -2.14. The Hall–Kier alpha value is -0.890. The predicted molar refractivity (Wildman–Crippen MR) is 58.6 cm³/mol. The molecule has 8 heteroatoms. The monoisotopic (exact) mass is 248 g/mol. The largest absolute Gasteiger partial charge is 0.368 e. The molecule has 0 aliphatic carbocycles. The van der Waals surface area contributed by atoms with Gasteiger partial charge in [-0.05, 0) is 24.6 Å². The molecule has 84 valence electrons. The van der Waals surface area contributed by atoms with Crippen molar-refractivity contribution in [3.63, 3.8) is 0 Å². The van der Waals surface area contributed by atoms with Gasteiger partial charge in [-0.2, -0.15) is 0 Å². The van der Waals surface area contributed by atoms with Gasteiger partial charge in [0.05, 0.1) is 11.5 Å². The van der Waals surface area contributed by atoms with Crippen molar-refractivity contribution in [3.8, 4) is 0 Å². The second-order valence-corrected chi connectivity index (χ2v) is 6.38. The van der Waals surface area contributed by atoms with Crippen LogP contribution in [0.3, 0.4) is 0 Å². The van der Waals surface area contributed by atoms with Gasteiger partial charge in [0.1, 0.15) is 0 Å². The van der Waals surface area contributed by atoms with Crippen molar-refractivity contribution < 1.29 is 8.42 Å². The van der Waals surface area contributed by atoms with Gasteiger partial charge in [-0.1, -0.05) is 0 Å². The maximum atomic E-state index is 11.2. The molecule has 0 aromatic carbocycles. The van der Waals surface area contributed by atoms with Crippen LogP contribution >= 0.6 is 12.2 Å². The lowest BCUT2D eigenvalue weighted by Gasteiger charge is -2.08. The topological polar surface area (TPSA) is 93.8 Å². The first-order chi connectivity index (χ1) is 6.98. The van der Waals surface area contributed by atoms with E-state index in [1.165, 1.54) is 0 Å². The van der Waals surface area contributed by atoms with Crippen LogP contribution in [0.5, 0.6) is 0 Å².